The van der Waals surface area contributed by atoms with Crippen LogP contribution < -0.4 is 5.69 Å². The van der Waals surface area contributed by atoms with Crippen molar-refractivity contribution in [3.8, 4) is 0 Å². The summed E-state index contributed by atoms with van der Waals surface area (Å²) in [5.41, 5.74) is -0.354. The quantitative estimate of drug-likeness (QED) is 0.785. The highest BCUT2D eigenvalue weighted by Gasteiger charge is 2.29. The molecule has 19 heavy (non-hydrogen) atoms. The largest absolute Gasteiger partial charge is 0.477 e. The lowest BCUT2D eigenvalue weighted by Crippen LogP contribution is -2.16. The lowest BCUT2D eigenvalue weighted by molar-refractivity contribution is 0.0689. The number of aromatic amines is 1. The maximum atomic E-state index is 11.6. The summed E-state index contributed by atoms with van der Waals surface area (Å²) in [6.07, 6.45) is 3.26. The van der Waals surface area contributed by atoms with E-state index in [0.717, 1.165) is 24.6 Å². The van der Waals surface area contributed by atoms with Crippen molar-refractivity contribution in [3.05, 3.63) is 28.4 Å². The Bertz CT molecular complexity index is 690. The molecular weight excluding hydrogens is 270 g/mol. The Kier molecular flexibility index (Phi) is 2.82. The van der Waals surface area contributed by atoms with Gasteiger partial charge in [-0.25, -0.2) is 24.7 Å². The molecular formula is C10H9N5O3S. The summed E-state index contributed by atoms with van der Waals surface area (Å²) in [6, 6.07) is 1.49. The molecule has 3 rings (SSSR count). The zero-order valence-electron chi connectivity index (χ0n) is 9.61. The third kappa shape index (κ3) is 2.36. The second-order valence-corrected chi connectivity index (χ2v) is 4.98. The van der Waals surface area contributed by atoms with Gasteiger partial charge in [0.25, 0.3) is 0 Å². The Balaban J connectivity index is 1.91. The fourth-order valence-electron chi connectivity index (χ4n) is 1.61. The number of carboxylic acids is 1. The van der Waals surface area contributed by atoms with Crippen LogP contribution in [0.15, 0.2) is 27.4 Å². The normalized spacial score (nSPS) is 14.5. The van der Waals surface area contributed by atoms with Gasteiger partial charge in [0.15, 0.2) is 16.0 Å². The van der Waals surface area contributed by atoms with Crippen molar-refractivity contribution in [3.63, 3.8) is 0 Å². The predicted molar refractivity (Wildman–Crippen MR) is 64.2 cm³/mol. The van der Waals surface area contributed by atoms with E-state index in [2.05, 4.69) is 20.2 Å². The number of aromatic carboxylic acids is 1. The van der Waals surface area contributed by atoms with Gasteiger partial charge < -0.3 is 5.11 Å². The molecule has 9 heteroatoms. The van der Waals surface area contributed by atoms with Crippen LogP contribution in [0.2, 0.25) is 0 Å². The fourth-order valence-corrected chi connectivity index (χ4v) is 2.45. The van der Waals surface area contributed by atoms with Gasteiger partial charge in [-0.1, -0.05) is 0 Å². The van der Waals surface area contributed by atoms with Gasteiger partial charge >= 0.3 is 11.7 Å². The first-order valence-corrected chi connectivity index (χ1v) is 6.38. The number of rotatable bonds is 4. The number of carbonyl (C=O) groups is 1. The third-order valence-electron chi connectivity index (χ3n) is 2.62. The average Bonchev–Trinajstić information content (AvgIpc) is 3.15. The molecule has 0 unspecified atom stereocenters. The van der Waals surface area contributed by atoms with Crippen molar-refractivity contribution >= 4 is 17.7 Å². The number of nitrogens with zero attached hydrogens (tertiary/aromatic N) is 4. The van der Waals surface area contributed by atoms with Crippen molar-refractivity contribution in [2.75, 3.05) is 0 Å². The van der Waals surface area contributed by atoms with Crippen LogP contribution in [0, 0.1) is 0 Å². The molecule has 2 aromatic heterocycles. The van der Waals surface area contributed by atoms with E-state index in [1.165, 1.54) is 12.3 Å². The second kappa shape index (κ2) is 4.50. The van der Waals surface area contributed by atoms with Gasteiger partial charge in [0, 0.05) is 12.2 Å². The molecule has 98 valence electrons. The number of nitrogens with one attached hydrogen (secondary N) is 1. The Hall–Kier alpha value is -2.16. The molecule has 0 aromatic carbocycles. The number of H-pyrrole nitrogens is 1. The van der Waals surface area contributed by atoms with E-state index in [4.69, 9.17) is 5.11 Å². The lowest BCUT2D eigenvalue weighted by Gasteiger charge is -2.02. The first-order chi connectivity index (χ1) is 9.15. The highest BCUT2D eigenvalue weighted by Crippen LogP contribution is 2.36. The van der Waals surface area contributed by atoms with E-state index in [9.17, 15) is 9.59 Å². The summed E-state index contributed by atoms with van der Waals surface area (Å²) in [5.74, 6) is -1.12. The molecule has 2 N–H and O–H groups in total. The van der Waals surface area contributed by atoms with Crippen LogP contribution in [0.1, 0.15) is 29.4 Å². The first-order valence-electron chi connectivity index (χ1n) is 5.56. The van der Waals surface area contributed by atoms with Gasteiger partial charge in [0.2, 0.25) is 0 Å². The van der Waals surface area contributed by atoms with E-state index in [1.807, 2.05) is 0 Å². The van der Waals surface area contributed by atoms with Crippen molar-refractivity contribution < 1.29 is 9.90 Å². The smallest absolute Gasteiger partial charge is 0.354 e. The zero-order valence-corrected chi connectivity index (χ0v) is 10.4. The van der Waals surface area contributed by atoms with Gasteiger partial charge in [-0.3, -0.25) is 4.57 Å². The van der Waals surface area contributed by atoms with E-state index in [-0.39, 0.29) is 22.6 Å². The summed E-state index contributed by atoms with van der Waals surface area (Å²) >= 11 is 1.07. The third-order valence-corrected chi connectivity index (χ3v) is 3.47. The van der Waals surface area contributed by atoms with Crippen molar-refractivity contribution in [2.24, 2.45) is 0 Å². The highest BCUT2D eigenvalue weighted by molar-refractivity contribution is 7.99. The lowest BCUT2D eigenvalue weighted by atomic mass is 10.4. The van der Waals surface area contributed by atoms with Gasteiger partial charge in [-0.05, 0) is 30.7 Å². The van der Waals surface area contributed by atoms with Gasteiger partial charge in [-0.15, -0.1) is 5.10 Å². The molecule has 0 spiro atoms. The fraction of sp³-hybridized carbons (Fsp3) is 0.300. The highest BCUT2D eigenvalue weighted by atomic mass is 32.2. The molecule has 0 bridgehead atoms. The second-order valence-electron chi connectivity index (χ2n) is 4.04. The molecule has 2 aromatic rings. The van der Waals surface area contributed by atoms with Crippen molar-refractivity contribution in [1.29, 1.82) is 0 Å². The first kappa shape index (κ1) is 11.9. The van der Waals surface area contributed by atoms with Crippen LogP contribution in [-0.2, 0) is 0 Å². The maximum Gasteiger partial charge on any atom is 0.354 e. The van der Waals surface area contributed by atoms with Crippen LogP contribution in [0.25, 0.3) is 0 Å². The minimum absolute atomic E-state index is 0.0895. The van der Waals surface area contributed by atoms with Crippen LogP contribution >= 0.6 is 11.8 Å². The summed E-state index contributed by atoms with van der Waals surface area (Å²) in [6.45, 7) is 0. The van der Waals surface area contributed by atoms with Gasteiger partial charge in [-0.2, -0.15) is 0 Å². The minimum atomic E-state index is -1.12. The standard InChI is InChI=1S/C10H9N5O3S/c16-7(17)6-3-4-11-8(12-6)19-10-14-13-9(18)15(10)5-1-2-5/h3-5H,1-2H2,(H,13,18)(H,16,17). The average molecular weight is 279 g/mol. The van der Waals surface area contributed by atoms with Gasteiger partial charge in [0.1, 0.15) is 0 Å². The molecule has 0 aliphatic heterocycles. The minimum Gasteiger partial charge on any atom is -0.477 e. The van der Waals surface area contributed by atoms with Crippen molar-refractivity contribution in [2.45, 2.75) is 29.2 Å². The molecule has 1 aliphatic rings. The van der Waals surface area contributed by atoms with Crippen LogP contribution in [-0.4, -0.2) is 35.8 Å². The Labute approximate surface area is 110 Å². The molecule has 1 saturated carbocycles. The monoisotopic (exact) mass is 279 g/mol. The van der Waals surface area contributed by atoms with Crippen molar-refractivity contribution in [1.82, 2.24) is 24.7 Å². The summed E-state index contributed by atoms with van der Waals surface area (Å²) in [5, 5.41) is 15.8. The number of hydrogen-bond acceptors (Lipinski definition) is 6. The number of aromatic nitrogens is 5. The summed E-state index contributed by atoms with van der Waals surface area (Å²) < 4.78 is 1.56. The van der Waals surface area contributed by atoms with E-state index >= 15 is 0 Å². The molecule has 0 atom stereocenters. The van der Waals surface area contributed by atoms with Crippen LogP contribution in [0.3, 0.4) is 0 Å². The van der Waals surface area contributed by atoms with E-state index < -0.39 is 5.97 Å². The molecule has 1 fully saturated rings. The molecule has 0 saturated heterocycles. The Morgan fingerprint density at radius 3 is 3.00 bits per heavy atom. The summed E-state index contributed by atoms with van der Waals surface area (Å²) in [4.78, 5) is 30.2. The molecule has 0 amide bonds. The molecule has 0 radical (unpaired) electrons. The number of carboxylic acid groups (broad SMARTS) is 1. The van der Waals surface area contributed by atoms with Gasteiger partial charge in [0.05, 0.1) is 0 Å². The topological polar surface area (TPSA) is 114 Å². The molecule has 1 aliphatic carbocycles. The van der Waals surface area contributed by atoms with Crippen LogP contribution in [0.5, 0.6) is 0 Å². The van der Waals surface area contributed by atoms with E-state index in [1.54, 1.807) is 4.57 Å². The number of hydrogen-bond donors (Lipinski definition) is 2. The van der Waals surface area contributed by atoms with E-state index in [0.29, 0.717) is 5.16 Å². The van der Waals surface area contributed by atoms with Crippen LogP contribution in [0.4, 0.5) is 0 Å². The predicted octanol–water partition coefficient (Wildman–Crippen LogP) is 0.546. The SMILES string of the molecule is O=C(O)c1ccnc(Sc2n[nH]c(=O)n2C2CC2)n1. The zero-order chi connectivity index (χ0) is 13.4. The molecule has 2 heterocycles. The summed E-state index contributed by atoms with van der Waals surface area (Å²) in [7, 11) is 0. The Morgan fingerprint density at radius 1 is 1.53 bits per heavy atom. The maximum absolute atomic E-state index is 11.6. The Morgan fingerprint density at radius 2 is 2.32 bits per heavy atom. The molecule has 8 nitrogen and oxygen atoms in total.